The molecule has 1 aromatic carbocycles. The van der Waals surface area contributed by atoms with Gasteiger partial charge in [-0.15, -0.1) is 4.67 Å². The molecule has 22 heavy (non-hydrogen) atoms. The fourth-order valence-corrected chi connectivity index (χ4v) is 2.30. The minimum absolute atomic E-state index is 0.337. The van der Waals surface area contributed by atoms with E-state index in [-0.39, 0.29) is 5.82 Å². The van der Waals surface area contributed by atoms with E-state index in [0.29, 0.717) is 22.7 Å². The molecule has 0 unspecified atom stereocenters. The van der Waals surface area contributed by atoms with E-state index in [0.717, 1.165) is 5.82 Å². The Balaban J connectivity index is 2.26. The van der Waals surface area contributed by atoms with Crippen LogP contribution in [0.3, 0.4) is 0 Å². The Bertz CT molecular complexity index is 675. The lowest BCUT2D eigenvalue weighted by atomic mass is 10.1. The van der Waals surface area contributed by atoms with Gasteiger partial charge in [0.25, 0.3) is 12.4 Å². The van der Waals surface area contributed by atoms with Gasteiger partial charge in [-0.2, -0.15) is 0 Å². The van der Waals surface area contributed by atoms with Gasteiger partial charge >= 0.3 is 0 Å². The summed E-state index contributed by atoms with van der Waals surface area (Å²) >= 11 is 6.23. The van der Waals surface area contributed by atoms with Gasteiger partial charge in [0.1, 0.15) is 11.6 Å². The minimum atomic E-state index is -0.337. The third-order valence-corrected chi connectivity index (χ3v) is 3.44. The highest BCUT2D eigenvalue weighted by molar-refractivity contribution is 6.31. The summed E-state index contributed by atoms with van der Waals surface area (Å²) in [7, 11) is 0. The number of nitrogens with one attached hydrogen (secondary N) is 1. The Morgan fingerprint density at radius 3 is 2.86 bits per heavy atom. The van der Waals surface area contributed by atoms with Crippen molar-refractivity contribution in [2.24, 2.45) is 0 Å². The van der Waals surface area contributed by atoms with Gasteiger partial charge in [-0.25, -0.2) is 4.39 Å². The second kappa shape index (κ2) is 7.64. The number of hydrogen-bond donors (Lipinski definition) is 1. The molecule has 0 saturated carbocycles. The van der Waals surface area contributed by atoms with Crippen LogP contribution in [0.15, 0.2) is 48.6 Å². The number of allylic oxidation sites excluding steroid dienone is 3. The van der Waals surface area contributed by atoms with Crippen LogP contribution in [-0.4, -0.2) is 17.3 Å². The maximum Gasteiger partial charge on any atom is 0.299 e. The Morgan fingerprint density at radius 1 is 1.36 bits per heavy atom. The van der Waals surface area contributed by atoms with E-state index < -0.39 is 0 Å². The first kappa shape index (κ1) is 16.1. The average Bonchev–Trinajstić information content (AvgIpc) is 2.94. The normalized spacial score (nSPS) is 15.3. The SMILES string of the molecule is CC=[N+]=Cc1cc(F)c(CN2C=CN/C2=C\C=C\C)c(Cl)c1. The van der Waals surface area contributed by atoms with Crippen molar-refractivity contribution in [3.8, 4) is 0 Å². The smallest absolute Gasteiger partial charge is 0.299 e. The minimum Gasteiger partial charge on any atom is -0.347 e. The van der Waals surface area contributed by atoms with Crippen LogP contribution in [0.4, 0.5) is 4.39 Å². The molecule has 0 fully saturated rings. The van der Waals surface area contributed by atoms with Crippen molar-refractivity contribution in [1.29, 1.82) is 0 Å². The Hall–Kier alpha value is -2.29. The molecule has 1 N–H and O–H groups in total. The van der Waals surface area contributed by atoms with Crippen molar-refractivity contribution in [3.63, 3.8) is 0 Å². The maximum absolute atomic E-state index is 14.3. The van der Waals surface area contributed by atoms with Crippen LogP contribution in [0.25, 0.3) is 0 Å². The highest BCUT2D eigenvalue weighted by Gasteiger charge is 2.17. The second-order valence-corrected chi connectivity index (χ2v) is 5.07. The zero-order valence-corrected chi connectivity index (χ0v) is 13.3. The first-order chi connectivity index (χ1) is 10.7. The molecule has 0 bridgehead atoms. The van der Waals surface area contributed by atoms with Gasteiger partial charge in [0.2, 0.25) is 0 Å². The predicted octanol–water partition coefficient (Wildman–Crippen LogP) is 3.35. The van der Waals surface area contributed by atoms with E-state index in [2.05, 4.69) is 9.98 Å². The molecule has 0 radical (unpaired) electrons. The molecule has 0 amide bonds. The third-order valence-electron chi connectivity index (χ3n) is 3.11. The Labute approximate surface area is 134 Å². The van der Waals surface area contributed by atoms with Crippen molar-refractivity contribution in [2.75, 3.05) is 0 Å². The first-order valence-electron chi connectivity index (χ1n) is 6.97. The maximum atomic E-state index is 14.3. The first-order valence-corrected chi connectivity index (χ1v) is 7.35. The lowest BCUT2D eigenvalue weighted by Gasteiger charge is -2.19. The number of rotatable bonds is 4. The summed E-state index contributed by atoms with van der Waals surface area (Å²) in [5.74, 6) is 0.538. The zero-order valence-electron chi connectivity index (χ0n) is 12.6. The van der Waals surface area contributed by atoms with Crippen LogP contribution < -0.4 is 9.98 Å². The van der Waals surface area contributed by atoms with Crippen molar-refractivity contribution >= 4 is 24.0 Å². The Kier molecular flexibility index (Phi) is 5.59. The quantitative estimate of drug-likeness (QED) is 0.681. The lowest BCUT2D eigenvalue weighted by Crippen LogP contribution is -2.19. The van der Waals surface area contributed by atoms with Gasteiger partial charge in [0.05, 0.1) is 12.1 Å². The van der Waals surface area contributed by atoms with Crippen LogP contribution in [0.5, 0.6) is 0 Å². The van der Waals surface area contributed by atoms with E-state index in [4.69, 9.17) is 11.6 Å². The van der Waals surface area contributed by atoms with Crippen molar-refractivity contribution in [2.45, 2.75) is 20.4 Å². The number of benzene rings is 1. The van der Waals surface area contributed by atoms with Crippen molar-refractivity contribution in [1.82, 2.24) is 14.9 Å². The van der Waals surface area contributed by atoms with Crippen LogP contribution >= 0.6 is 11.6 Å². The summed E-state index contributed by atoms with van der Waals surface area (Å²) < 4.78 is 18.3. The highest BCUT2D eigenvalue weighted by atomic mass is 35.5. The highest BCUT2D eigenvalue weighted by Crippen LogP contribution is 2.25. The molecule has 0 atom stereocenters. The molecule has 3 nitrogen and oxygen atoms in total. The fraction of sp³-hybridized carbons (Fsp3) is 0.176. The largest absolute Gasteiger partial charge is 0.347 e. The molecule has 1 aromatic rings. The lowest BCUT2D eigenvalue weighted by molar-refractivity contribution is 0.447. The number of hydrogen-bond acceptors (Lipinski definition) is 2. The number of nitrogens with zero attached hydrogens (tertiary/aromatic N) is 2. The van der Waals surface area contributed by atoms with Gasteiger partial charge in [-0.3, -0.25) is 0 Å². The van der Waals surface area contributed by atoms with Gasteiger partial charge in [-0.1, -0.05) is 23.8 Å². The summed E-state index contributed by atoms with van der Waals surface area (Å²) in [4.78, 5) is 1.90. The molecule has 0 aliphatic carbocycles. The number of halogens is 2. The molecular formula is C17H18ClFN3+. The molecule has 5 heteroatoms. The summed E-state index contributed by atoms with van der Waals surface area (Å²) in [5.41, 5.74) is 1.10. The standard InChI is InChI=1S/C17H18ClFN3/c1-3-5-6-17-21-7-8-22(17)12-14-15(18)9-13(10-16(14)19)11-20-4-2/h3-11,21H,12H2,1-2H3/q+1/b5-3+,17-6+. The van der Waals surface area contributed by atoms with Gasteiger partial charge in [-0.05, 0) is 25.1 Å². The second-order valence-electron chi connectivity index (χ2n) is 4.67. The van der Waals surface area contributed by atoms with Gasteiger partial charge in [0.15, 0.2) is 0 Å². The van der Waals surface area contributed by atoms with Crippen molar-refractivity contribution < 1.29 is 4.39 Å². The summed E-state index contributed by atoms with van der Waals surface area (Å²) in [6.45, 7) is 4.09. The van der Waals surface area contributed by atoms with Crippen LogP contribution in [0.2, 0.25) is 5.02 Å². The predicted molar refractivity (Wildman–Crippen MR) is 91.2 cm³/mol. The van der Waals surface area contributed by atoms with Gasteiger partial charge in [0, 0.05) is 29.9 Å². The van der Waals surface area contributed by atoms with Crippen molar-refractivity contribution in [3.05, 3.63) is 70.5 Å². The van der Waals surface area contributed by atoms with Crippen LogP contribution in [-0.2, 0) is 6.54 Å². The third kappa shape index (κ3) is 3.88. The topological polar surface area (TPSA) is 29.4 Å². The van der Waals surface area contributed by atoms with E-state index in [1.807, 2.05) is 36.3 Å². The Morgan fingerprint density at radius 2 is 2.18 bits per heavy atom. The zero-order chi connectivity index (χ0) is 15.9. The van der Waals surface area contributed by atoms with E-state index in [1.54, 1.807) is 31.6 Å². The molecule has 0 spiro atoms. The van der Waals surface area contributed by atoms with Crippen LogP contribution in [0.1, 0.15) is 25.0 Å². The summed E-state index contributed by atoms with van der Waals surface area (Å²) in [5, 5.41) is 3.50. The van der Waals surface area contributed by atoms with Gasteiger partial charge < -0.3 is 10.2 Å². The molecule has 1 aliphatic rings. The van der Waals surface area contributed by atoms with E-state index >= 15 is 0 Å². The fourth-order valence-electron chi connectivity index (χ4n) is 2.02. The molecule has 2 rings (SSSR count). The van der Waals surface area contributed by atoms with Crippen LogP contribution in [0, 0.1) is 5.82 Å². The monoisotopic (exact) mass is 318 g/mol. The molecule has 0 aromatic heterocycles. The summed E-state index contributed by atoms with van der Waals surface area (Å²) in [6, 6.07) is 3.16. The molecule has 114 valence electrons. The molecular weight excluding hydrogens is 301 g/mol. The molecule has 1 heterocycles. The van der Waals surface area contributed by atoms with E-state index in [1.165, 1.54) is 6.07 Å². The summed E-state index contributed by atoms with van der Waals surface area (Å²) in [6.07, 6.45) is 12.6. The molecule has 0 saturated heterocycles. The van der Waals surface area contributed by atoms with E-state index in [9.17, 15) is 4.39 Å². The molecule has 1 aliphatic heterocycles. The average molecular weight is 319 g/mol.